The second kappa shape index (κ2) is 6.64. The van der Waals surface area contributed by atoms with Crippen molar-refractivity contribution in [3.05, 3.63) is 35.4 Å². The van der Waals surface area contributed by atoms with E-state index >= 15 is 0 Å². The summed E-state index contributed by atoms with van der Waals surface area (Å²) in [6.07, 6.45) is 5.18. The van der Waals surface area contributed by atoms with Crippen LogP contribution in [0.25, 0.3) is 0 Å². The fraction of sp³-hybridized carbons (Fsp3) is 0.625. The molecule has 0 aliphatic heterocycles. The van der Waals surface area contributed by atoms with Crippen LogP contribution in [-0.2, 0) is 11.3 Å². The first-order chi connectivity index (χ1) is 9.58. The summed E-state index contributed by atoms with van der Waals surface area (Å²) < 4.78 is 32.6. The molecule has 1 aliphatic rings. The molecule has 1 aromatic rings. The zero-order chi connectivity index (χ0) is 14.6. The summed E-state index contributed by atoms with van der Waals surface area (Å²) in [5, 5.41) is 0. The van der Waals surface area contributed by atoms with Gasteiger partial charge in [-0.05, 0) is 49.8 Å². The number of nitrogens with two attached hydrogens (primary N) is 1. The number of rotatable bonds is 5. The van der Waals surface area contributed by atoms with Crippen LogP contribution < -0.4 is 5.73 Å². The minimum atomic E-state index is -0.443. The topological polar surface area (TPSA) is 35.2 Å². The van der Waals surface area contributed by atoms with Crippen LogP contribution in [0.4, 0.5) is 8.78 Å². The van der Waals surface area contributed by atoms with Crippen LogP contribution >= 0.6 is 0 Å². The van der Waals surface area contributed by atoms with Gasteiger partial charge in [-0.1, -0.05) is 13.3 Å². The molecule has 2 rings (SSSR count). The summed E-state index contributed by atoms with van der Waals surface area (Å²) in [5.41, 5.74) is 5.75. The fourth-order valence-corrected chi connectivity index (χ4v) is 2.90. The highest BCUT2D eigenvalue weighted by atomic mass is 19.1. The molecule has 4 heteroatoms. The Hall–Kier alpha value is -1.00. The Morgan fingerprint density at radius 3 is 2.60 bits per heavy atom. The second-order valence-corrected chi connectivity index (χ2v) is 5.76. The first-order valence-electron chi connectivity index (χ1n) is 7.36. The van der Waals surface area contributed by atoms with Gasteiger partial charge in [0.1, 0.15) is 11.6 Å². The number of hydrogen-bond donors (Lipinski definition) is 1. The summed E-state index contributed by atoms with van der Waals surface area (Å²) in [7, 11) is 0. The van der Waals surface area contributed by atoms with Crippen molar-refractivity contribution < 1.29 is 13.5 Å². The molecule has 20 heavy (non-hydrogen) atoms. The molecule has 0 amide bonds. The van der Waals surface area contributed by atoms with Gasteiger partial charge in [-0.15, -0.1) is 0 Å². The molecule has 0 unspecified atom stereocenters. The molecule has 0 aromatic heterocycles. The Labute approximate surface area is 119 Å². The van der Waals surface area contributed by atoms with Crippen LogP contribution in [-0.4, -0.2) is 12.1 Å². The first kappa shape index (κ1) is 15.4. The second-order valence-electron chi connectivity index (χ2n) is 5.76. The Bertz CT molecular complexity index is 442. The lowest BCUT2D eigenvalue weighted by Gasteiger charge is -2.39. The van der Waals surface area contributed by atoms with E-state index in [0.717, 1.165) is 43.7 Å². The Morgan fingerprint density at radius 2 is 2.00 bits per heavy atom. The number of hydrogen-bond acceptors (Lipinski definition) is 2. The average molecular weight is 283 g/mol. The maximum Gasteiger partial charge on any atom is 0.128 e. The predicted molar refractivity (Wildman–Crippen MR) is 75.2 cm³/mol. The molecule has 2 nitrogen and oxygen atoms in total. The van der Waals surface area contributed by atoms with Crippen molar-refractivity contribution in [1.29, 1.82) is 0 Å². The standard InChI is InChI=1S/C16H23F2NO/c1-2-12-5-7-16(11-19,8-6-12)20-10-13-9-14(17)3-4-15(13)18/h3-4,9,12H,2,5-8,10-11,19H2,1H3. The first-order valence-corrected chi connectivity index (χ1v) is 7.36. The summed E-state index contributed by atoms with van der Waals surface area (Å²) in [6, 6.07) is 3.44. The summed E-state index contributed by atoms with van der Waals surface area (Å²) in [5.74, 6) is -0.133. The molecule has 0 atom stereocenters. The number of benzene rings is 1. The van der Waals surface area contributed by atoms with Gasteiger partial charge in [-0.25, -0.2) is 8.78 Å². The minimum Gasteiger partial charge on any atom is -0.369 e. The van der Waals surface area contributed by atoms with E-state index in [1.165, 1.54) is 12.5 Å². The SMILES string of the molecule is CCC1CCC(CN)(OCc2cc(F)ccc2F)CC1. The van der Waals surface area contributed by atoms with E-state index in [2.05, 4.69) is 6.92 Å². The highest BCUT2D eigenvalue weighted by Gasteiger charge is 2.34. The van der Waals surface area contributed by atoms with Gasteiger partial charge in [0.05, 0.1) is 12.2 Å². The van der Waals surface area contributed by atoms with Crippen molar-refractivity contribution >= 4 is 0 Å². The van der Waals surface area contributed by atoms with Crippen molar-refractivity contribution in [2.75, 3.05) is 6.54 Å². The molecule has 112 valence electrons. The highest BCUT2D eigenvalue weighted by Crippen LogP contribution is 2.36. The molecule has 0 radical (unpaired) electrons. The van der Waals surface area contributed by atoms with Crippen LogP contribution in [0.3, 0.4) is 0 Å². The molecule has 1 aliphatic carbocycles. The van der Waals surface area contributed by atoms with Crippen molar-refractivity contribution in [2.24, 2.45) is 11.7 Å². The van der Waals surface area contributed by atoms with Gasteiger partial charge in [0.15, 0.2) is 0 Å². The van der Waals surface area contributed by atoms with E-state index in [1.807, 2.05) is 0 Å². The third kappa shape index (κ3) is 3.55. The van der Waals surface area contributed by atoms with Crippen molar-refractivity contribution in [3.8, 4) is 0 Å². The number of ether oxygens (including phenoxy) is 1. The van der Waals surface area contributed by atoms with Crippen LogP contribution in [0.15, 0.2) is 18.2 Å². The molecule has 0 spiro atoms. The molecule has 2 N–H and O–H groups in total. The maximum atomic E-state index is 13.6. The van der Waals surface area contributed by atoms with Gasteiger partial charge in [0.25, 0.3) is 0 Å². The summed E-state index contributed by atoms with van der Waals surface area (Å²) in [4.78, 5) is 0. The van der Waals surface area contributed by atoms with Crippen molar-refractivity contribution in [2.45, 2.75) is 51.2 Å². The zero-order valence-corrected chi connectivity index (χ0v) is 12.0. The minimum absolute atomic E-state index is 0.0809. The monoisotopic (exact) mass is 283 g/mol. The molecule has 1 saturated carbocycles. The maximum absolute atomic E-state index is 13.6. The van der Waals surface area contributed by atoms with Crippen LogP contribution in [0.5, 0.6) is 0 Å². The largest absolute Gasteiger partial charge is 0.369 e. The van der Waals surface area contributed by atoms with Gasteiger partial charge >= 0.3 is 0 Å². The molecule has 1 fully saturated rings. The lowest BCUT2D eigenvalue weighted by atomic mass is 9.77. The fourth-order valence-electron chi connectivity index (χ4n) is 2.90. The lowest BCUT2D eigenvalue weighted by molar-refractivity contribution is -0.0821. The van der Waals surface area contributed by atoms with Gasteiger partial charge in [-0.3, -0.25) is 0 Å². The molecule has 0 saturated heterocycles. The molecule has 1 aromatic carbocycles. The van der Waals surface area contributed by atoms with Gasteiger partial charge in [-0.2, -0.15) is 0 Å². The number of halogens is 2. The smallest absolute Gasteiger partial charge is 0.128 e. The van der Waals surface area contributed by atoms with E-state index in [-0.39, 0.29) is 17.8 Å². The third-order valence-electron chi connectivity index (χ3n) is 4.51. The third-order valence-corrected chi connectivity index (χ3v) is 4.51. The van der Waals surface area contributed by atoms with E-state index in [9.17, 15) is 8.78 Å². The Morgan fingerprint density at radius 1 is 1.30 bits per heavy atom. The van der Waals surface area contributed by atoms with Crippen LogP contribution in [0, 0.1) is 17.6 Å². The zero-order valence-electron chi connectivity index (χ0n) is 12.0. The van der Waals surface area contributed by atoms with Gasteiger partial charge < -0.3 is 10.5 Å². The van der Waals surface area contributed by atoms with Crippen LogP contribution in [0.1, 0.15) is 44.6 Å². The van der Waals surface area contributed by atoms with E-state index < -0.39 is 11.6 Å². The molecule has 0 heterocycles. The van der Waals surface area contributed by atoms with Crippen molar-refractivity contribution in [1.82, 2.24) is 0 Å². The van der Waals surface area contributed by atoms with Crippen molar-refractivity contribution in [3.63, 3.8) is 0 Å². The Kier molecular flexibility index (Phi) is 5.11. The normalized spacial score (nSPS) is 26.7. The Balaban J connectivity index is 1.99. The van der Waals surface area contributed by atoms with Gasteiger partial charge in [0, 0.05) is 12.1 Å². The summed E-state index contributed by atoms with van der Waals surface area (Å²) >= 11 is 0. The highest BCUT2D eigenvalue weighted by molar-refractivity contribution is 5.18. The molecular formula is C16H23F2NO. The van der Waals surface area contributed by atoms with E-state index in [1.54, 1.807) is 0 Å². The lowest BCUT2D eigenvalue weighted by Crippen LogP contribution is -2.43. The molecular weight excluding hydrogens is 260 g/mol. The van der Waals surface area contributed by atoms with E-state index in [4.69, 9.17) is 10.5 Å². The average Bonchev–Trinajstić information content (AvgIpc) is 2.49. The summed E-state index contributed by atoms with van der Waals surface area (Å²) in [6.45, 7) is 2.71. The predicted octanol–water partition coefficient (Wildman–Crippen LogP) is 3.78. The van der Waals surface area contributed by atoms with Gasteiger partial charge in [0.2, 0.25) is 0 Å². The van der Waals surface area contributed by atoms with E-state index in [0.29, 0.717) is 6.54 Å². The molecule has 0 bridgehead atoms. The quantitative estimate of drug-likeness (QED) is 0.892. The van der Waals surface area contributed by atoms with Crippen LogP contribution in [0.2, 0.25) is 0 Å².